The summed E-state index contributed by atoms with van der Waals surface area (Å²) in [7, 11) is 0. The first-order chi connectivity index (χ1) is 11.2. The average Bonchev–Trinajstić information content (AvgIpc) is 2.97. The van der Waals surface area contributed by atoms with Gasteiger partial charge in [0.2, 0.25) is 0 Å². The summed E-state index contributed by atoms with van der Waals surface area (Å²) in [5, 5.41) is 9.72. The lowest BCUT2D eigenvalue weighted by molar-refractivity contribution is 0.0114. The highest BCUT2D eigenvalue weighted by Crippen LogP contribution is 2.35. The maximum Gasteiger partial charge on any atom is 0.149 e. The van der Waals surface area contributed by atoms with Crippen molar-refractivity contribution < 1.29 is 4.74 Å². The standard InChI is InChI=1S/C17H20N4OS/c1-10-11(2)20-21-17-14(10)15-16(23-17)13(18-9-19-15)7-6-12-5-3-4-8-22-12/h9,12H,3-8H2,1-2H3. The van der Waals surface area contributed by atoms with Gasteiger partial charge in [-0.15, -0.1) is 16.4 Å². The van der Waals surface area contributed by atoms with E-state index in [0.29, 0.717) is 6.10 Å². The number of rotatable bonds is 3. The summed E-state index contributed by atoms with van der Waals surface area (Å²) < 4.78 is 7.00. The fraction of sp³-hybridized carbons (Fsp3) is 0.529. The van der Waals surface area contributed by atoms with Crippen molar-refractivity contribution in [1.82, 2.24) is 20.2 Å². The van der Waals surface area contributed by atoms with Gasteiger partial charge in [-0.3, -0.25) is 0 Å². The molecule has 1 saturated heterocycles. The number of aromatic nitrogens is 4. The Bertz CT molecular complexity index is 855. The van der Waals surface area contributed by atoms with Gasteiger partial charge in [-0.05, 0) is 51.5 Å². The van der Waals surface area contributed by atoms with Crippen LogP contribution in [0.2, 0.25) is 0 Å². The topological polar surface area (TPSA) is 60.8 Å². The minimum atomic E-state index is 0.381. The summed E-state index contributed by atoms with van der Waals surface area (Å²) in [6.45, 7) is 4.99. The van der Waals surface area contributed by atoms with E-state index >= 15 is 0 Å². The van der Waals surface area contributed by atoms with Crippen molar-refractivity contribution in [2.45, 2.75) is 52.1 Å². The molecule has 4 heterocycles. The van der Waals surface area contributed by atoms with Crippen molar-refractivity contribution in [3.05, 3.63) is 23.3 Å². The molecule has 1 aliphatic heterocycles. The molecule has 1 aliphatic rings. The molecular formula is C17H20N4OS. The number of thiophene rings is 1. The van der Waals surface area contributed by atoms with Gasteiger partial charge < -0.3 is 4.74 Å². The molecule has 5 nitrogen and oxygen atoms in total. The SMILES string of the molecule is Cc1nnc2sc3c(CCC4CCCCO4)ncnc3c2c1C. The van der Waals surface area contributed by atoms with Crippen LogP contribution < -0.4 is 0 Å². The minimum absolute atomic E-state index is 0.381. The van der Waals surface area contributed by atoms with Gasteiger partial charge in [0, 0.05) is 12.0 Å². The van der Waals surface area contributed by atoms with E-state index in [1.807, 2.05) is 6.92 Å². The highest BCUT2D eigenvalue weighted by molar-refractivity contribution is 7.25. The van der Waals surface area contributed by atoms with E-state index in [1.165, 1.54) is 24.8 Å². The summed E-state index contributed by atoms with van der Waals surface area (Å²) in [5.41, 5.74) is 4.27. The van der Waals surface area contributed by atoms with Gasteiger partial charge in [-0.25, -0.2) is 9.97 Å². The third-order valence-electron chi connectivity index (χ3n) is 4.71. The Morgan fingerprint density at radius 1 is 1.22 bits per heavy atom. The van der Waals surface area contributed by atoms with E-state index in [1.54, 1.807) is 17.7 Å². The molecular weight excluding hydrogens is 308 g/mol. The lowest BCUT2D eigenvalue weighted by Gasteiger charge is -2.22. The summed E-state index contributed by atoms with van der Waals surface area (Å²) in [5.74, 6) is 0. The Balaban J connectivity index is 1.71. The van der Waals surface area contributed by atoms with Crippen LogP contribution in [0.3, 0.4) is 0 Å². The fourth-order valence-corrected chi connectivity index (χ4v) is 4.39. The molecule has 0 N–H and O–H groups in total. The Labute approximate surface area is 139 Å². The van der Waals surface area contributed by atoms with Crippen LogP contribution >= 0.6 is 11.3 Å². The zero-order valence-corrected chi connectivity index (χ0v) is 14.3. The Hall–Kier alpha value is -1.66. The van der Waals surface area contributed by atoms with E-state index in [0.717, 1.165) is 51.3 Å². The highest BCUT2D eigenvalue weighted by Gasteiger charge is 2.18. The van der Waals surface area contributed by atoms with E-state index in [-0.39, 0.29) is 0 Å². The second-order valence-electron chi connectivity index (χ2n) is 6.22. The maximum absolute atomic E-state index is 5.84. The fourth-order valence-electron chi connectivity index (χ4n) is 3.24. The number of fused-ring (bicyclic) bond motifs is 3. The molecule has 0 saturated carbocycles. The van der Waals surface area contributed by atoms with Crippen molar-refractivity contribution in [2.75, 3.05) is 6.61 Å². The van der Waals surface area contributed by atoms with Gasteiger partial charge in [0.15, 0.2) is 0 Å². The number of aryl methyl sites for hydroxylation is 3. The molecule has 1 atom stereocenters. The second-order valence-corrected chi connectivity index (χ2v) is 7.22. The molecule has 0 bridgehead atoms. The summed E-state index contributed by atoms with van der Waals surface area (Å²) in [6, 6.07) is 0. The normalized spacial score (nSPS) is 18.8. The van der Waals surface area contributed by atoms with Crippen LogP contribution in [0.25, 0.3) is 20.4 Å². The molecule has 4 rings (SSSR count). The van der Waals surface area contributed by atoms with Crippen LogP contribution in [0.4, 0.5) is 0 Å². The van der Waals surface area contributed by atoms with Crippen LogP contribution in [0.5, 0.6) is 0 Å². The van der Waals surface area contributed by atoms with Gasteiger partial charge >= 0.3 is 0 Å². The third-order valence-corrected chi connectivity index (χ3v) is 5.82. The summed E-state index contributed by atoms with van der Waals surface area (Å²) >= 11 is 1.66. The van der Waals surface area contributed by atoms with Crippen molar-refractivity contribution >= 4 is 31.8 Å². The molecule has 23 heavy (non-hydrogen) atoms. The molecule has 6 heteroatoms. The molecule has 120 valence electrons. The van der Waals surface area contributed by atoms with Crippen LogP contribution in [-0.2, 0) is 11.2 Å². The summed E-state index contributed by atoms with van der Waals surface area (Å²) in [6.07, 6.45) is 7.67. The number of hydrogen-bond acceptors (Lipinski definition) is 6. The lowest BCUT2D eigenvalue weighted by Crippen LogP contribution is -2.19. The molecule has 0 amide bonds. The largest absolute Gasteiger partial charge is 0.378 e. The zero-order chi connectivity index (χ0) is 15.8. The number of ether oxygens (including phenoxy) is 1. The van der Waals surface area contributed by atoms with E-state index in [2.05, 4.69) is 27.1 Å². The lowest BCUT2D eigenvalue weighted by atomic mass is 10.0. The molecule has 0 aromatic carbocycles. The average molecular weight is 328 g/mol. The maximum atomic E-state index is 5.84. The zero-order valence-electron chi connectivity index (χ0n) is 13.5. The van der Waals surface area contributed by atoms with Crippen molar-refractivity contribution in [1.29, 1.82) is 0 Å². The Morgan fingerprint density at radius 2 is 2.13 bits per heavy atom. The smallest absolute Gasteiger partial charge is 0.149 e. The first-order valence-electron chi connectivity index (χ1n) is 8.21. The van der Waals surface area contributed by atoms with Gasteiger partial charge in [-0.2, -0.15) is 5.10 Å². The molecule has 0 aliphatic carbocycles. The first kappa shape index (κ1) is 14.9. The van der Waals surface area contributed by atoms with Crippen LogP contribution in [0.15, 0.2) is 6.33 Å². The van der Waals surface area contributed by atoms with Crippen molar-refractivity contribution in [2.24, 2.45) is 0 Å². The molecule has 3 aromatic heterocycles. The van der Waals surface area contributed by atoms with E-state index < -0.39 is 0 Å². The molecule has 0 radical (unpaired) electrons. The highest BCUT2D eigenvalue weighted by atomic mass is 32.1. The molecule has 1 unspecified atom stereocenters. The second kappa shape index (κ2) is 6.09. The van der Waals surface area contributed by atoms with Crippen LogP contribution in [0, 0.1) is 13.8 Å². The van der Waals surface area contributed by atoms with Crippen molar-refractivity contribution in [3.63, 3.8) is 0 Å². The van der Waals surface area contributed by atoms with Crippen LogP contribution in [-0.4, -0.2) is 32.9 Å². The summed E-state index contributed by atoms with van der Waals surface area (Å²) in [4.78, 5) is 10.0. The van der Waals surface area contributed by atoms with E-state index in [9.17, 15) is 0 Å². The van der Waals surface area contributed by atoms with E-state index in [4.69, 9.17) is 4.74 Å². The quantitative estimate of drug-likeness (QED) is 0.733. The van der Waals surface area contributed by atoms with Gasteiger partial charge in [0.05, 0.1) is 27.7 Å². The van der Waals surface area contributed by atoms with Gasteiger partial charge in [0.1, 0.15) is 11.2 Å². The minimum Gasteiger partial charge on any atom is -0.378 e. The predicted octanol–water partition coefficient (Wildman–Crippen LogP) is 3.75. The van der Waals surface area contributed by atoms with Crippen molar-refractivity contribution in [3.8, 4) is 0 Å². The molecule has 3 aromatic rings. The monoisotopic (exact) mass is 328 g/mol. The molecule has 0 spiro atoms. The third kappa shape index (κ3) is 2.70. The first-order valence-corrected chi connectivity index (χ1v) is 9.03. The Kier molecular flexibility index (Phi) is 3.95. The molecule has 1 fully saturated rings. The van der Waals surface area contributed by atoms with Crippen LogP contribution in [0.1, 0.15) is 42.6 Å². The number of hydrogen-bond donors (Lipinski definition) is 0. The van der Waals surface area contributed by atoms with Gasteiger partial charge in [0.25, 0.3) is 0 Å². The predicted molar refractivity (Wildman–Crippen MR) is 91.9 cm³/mol. The Morgan fingerprint density at radius 3 is 2.96 bits per heavy atom. The number of nitrogens with zero attached hydrogens (tertiary/aromatic N) is 4. The van der Waals surface area contributed by atoms with Gasteiger partial charge in [-0.1, -0.05) is 0 Å².